The van der Waals surface area contributed by atoms with Crippen LogP contribution in [0.4, 0.5) is 4.39 Å². The second-order valence-electron chi connectivity index (χ2n) is 7.27. The Morgan fingerprint density at radius 1 is 1.27 bits per heavy atom. The number of esters is 1. The Hall–Kier alpha value is -2.30. The number of amides is 1. The van der Waals surface area contributed by atoms with Crippen molar-refractivity contribution in [2.45, 2.75) is 37.6 Å². The number of rotatable bonds is 6. The van der Waals surface area contributed by atoms with Crippen LogP contribution in [0.25, 0.3) is 0 Å². The SMILES string of the molecule is COC(=O)c1c(S(=O)(=O)NCc2ccc(F)cc2)sc2c1CCN(C(=O)C(C)C)C2. The Morgan fingerprint density at radius 3 is 2.53 bits per heavy atom. The average Bonchev–Trinajstić information content (AvgIpc) is 3.12. The van der Waals surface area contributed by atoms with Gasteiger partial charge in [-0.25, -0.2) is 22.3 Å². The minimum atomic E-state index is -4.03. The minimum Gasteiger partial charge on any atom is -0.465 e. The number of carbonyl (C=O) groups excluding carboxylic acids is 2. The molecular formula is C20H23FN2O5S2. The van der Waals surface area contributed by atoms with Crippen LogP contribution in [-0.4, -0.2) is 38.8 Å². The van der Waals surface area contributed by atoms with E-state index in [1.54, 1.807) is 18.7 Å². The van der Waals surface area contributed by atoms with E-state index in [2.05, 4.69) is 4.72 Å². The number of methoxy groups -OCH3 is 1. The van der Waals surface area contributed by atoms with Crippen molar-refractivity contribution in [1.29, 1.82) is 0 Å². The number of halogens is 1. The Balaban J connectivity index is 1.92. The Labute approximate surface area is 178 Å². The van der Waals surface area contributed by atoms with E-state index in [4.69, 9.17) is 4.74 Å². The molecule has 2 aromatic rings. The van der Waals surface area contributed by atoms with Crippen LogP contribution in [0.1, 0.15) is 40.2 Å². The van der Waals surface area contributed by atoms with E-state index in [-0.39, 0.29) is 34.7 Å². The molecule has 1 aromatic heterocycles. The summed E-state index contributed by atoms with van der Waals surface area (Å²) in [5.74, 6) is -1.33. The van der Waals surface area contributed by atoms with Gasteiger partial charge in [0.15, 0.2) is 0 Å². The highest BCUT2D eigenvalue weighted by Gasteiger charge is 2.35. The van der Waals surface area contributed by atoms with Crippen molar-refractivity contribution < 1.29 is 27.1 Å². The van der Waals surface area contributed by atoms with Crippen LogP contribution in [0.2, 0.25) is 0 Å². The van der Waals surface area contributed by atoms with Gasteiger partial charge in [0.05, 0.1) is 19.2 Å². The molecule has 0 bridgehead atoms. The summed E-state index contributed by atoms with van der Waals surface area (Å²) < 4.78 is 46.2. The van der Waals surface area contributed by atoms with Gasteiger partial charge in [0, 0.05) is 23.9 Å². The average molecular weight is 455 g/mol. The number of benzene rings is 1. The number of sulfonamides is 1. The van der Waals surface area contributed by atoms with Crippen molar-refractivity contribution in [3.05, 3.63) is 51.7 Å². The lowest BCUT2D eigenvalue weighted by molar-refractivity contribution is -0.135. The molecule has 1 aliphatic heterocycles. The summed E-state index contributed by atoms with van der Waals surface area (Å²) >= 11 is 0.978. The van der Waals surface area contributed by atoms with Crippen LogP contribution in [0.3, 0.4) is 0 Å². The zero-order valence-electron chi connectivity index (χ0n) is 16.9. The van der Waals surface area contributed by atoms with E-state index in [0.717, 1.165) is 11.3 Å². The van der Waals surface area contributed by atoms with Crippen LogP contribution in [0, 0.1) is 11.7 Å². The third kappa shape index (κ3) is 4.55. The third-order valence-electron chi connectivity index (χ3n) is 4.84. The minimum absolute atomic E-state index is 0.0208. The molecule has 2 heterocycles. The first-order chi connectivity index (χ1) is 14.1. The molecule has 0 unspecified atom stereocenters. The lowest BCUT2D eigenvalue weighted by atomic mass is 10.0. The molecule has 0 fully saturated rings. The zero-order chi connectivity index (χ0) is 22.1. The van der Waals surface area contributed by atoms with Gasteiger partial charge in [-0.2, -0.15) is 0 Å². The van der Waals surface area contributed by atoms with Gasteiger partial charge in [-0.1, -0.05) is 26.0 Å². The lowest BCUT2D eigenvalue weighted by Crippen LogP contribution is -2.38. The second kappa shape index (κ2) is 8.83. The van der Waals surface area contributed by atoms with Crippen molar-refractivity contribution in [2.75, 3.05) is 13.7 Å². The molecule has 10 heteroatoms. The van der Waals surface area contributed by atoms with Gasteiger partial charge in [-0.15, -0.1) is 11.3 Å². The molecule has 0 radical (unpaired) electrons. The zero-order valence-corrected chi connectivity index (χ0v) is 18.5. The molecule has 7 nitrogen and oxygen atoms in total. The van der Waals surface area contributed by atoms with Crippen LogP contribution in [-0.2, 0) is 39.1 Å². The third-order valence-corrected chi connectivity index (χ3v) is 7.98. The van der Waals surface area contributed by atoms with Gasteiger partial charge < -0.3 is 9.64 Å². The molecule has 1 aromatic carbocycles. The van der Waals surface area contributed by atoms with Crippen molar-refractivity contribution in [3.63, 3.8) is 0 Å². The quantitative estimate of drug-likeness (QED) is 0.678. The van der Waals surface area contributed by atoms with Gasteiger partial charge in [0.2, 0.25) is 5.91 Å². The lowest BCUT2D eigenvalue weighted by Gasteiger charge is -2.28. The fourth-order valence-corrected chi connectivity index (χ4v) is 6.24. The number of hydrogen-bond acceptors (Lipinski definition) is 6. The number of hydrogen-bond donors (Lipinski definition) is 1. The van der Waals surface area contributed by atoms with E-state index in [1.807, 2.05) is 0 Å². The Kier molecular flexibility index (Phi) is 6.59. The first-order valence-corrected chi connectivity index (χ1v) is 11.7. The molecule has 0 saturated heterocycles. The number of carbonyl (C=O) groups is 2. The van der Waals surface area contributed by atoms with Gasteiger partial charge >= 0.3 is 5.97 Å². The maximum atomic E-state index is 13.1. The van der Waals surface area contributed by atoms with Gasteiger partial charge in [0.1, 0.15) is 10.0 Å². The number of nitrogens with zero attached hydrogens (tertiary/aromatic N) is 1. The first-order valence-electron chi connectivity index (χ1n) is 9.39. The molecule has 1 aliphatic rings. The Morgan fingerprint density at radius 2 is 1.93 bits per heavy atom. The smallest absolute Gasteiger partial charge is 0.340 e. The fraction of sp³-hybridized carbons (Fsp3) is 0.400. The summed E-state index contributed by atoms with van der Waals surface area (Å²) in [6.07, 6.45) is 0.377. The monoisotopic (exact) mass is 454 g/mol. The van der Waals surface area contributed by atoms with Crippen LogP contribution >= 0.6 is 11.3 Å². The summed E-state index contributed by atoms with van der Waals surface area (Å²) in [6.45, 7) is 4.23. The highest BCUT2D eigenvalue weighted by atomic mass is 32.2. The number of thiophene rings is 1. The predicted octanol–water partition coefficient (Wildman–Crippen LogP) is 2.69. The van der Waals surface area contributed by atoms with Gasteiger partial charge in [-0.05, 0) is 29.7 Å². The molecule has 3 rings (SSSR count). The van der Waals surface area contributed by atoms with Crippen LogP contribution < -0.4 is 4.72 Å². The molecule has 0 atom stereocenters. The summed E-state index contributed by atoms with van der Waals surface area (Å²) in [6, 6.07) is 5.45. The largest absolute Gasteiger partial charge is 0.465 e. The van der Waals surface area contributed by atoms with Crippen LogP contribution in [0.5, 0.6) is 0 Å². The van der Waals surface area contributed by atoms with Crippen molar-refractivity contribution in [1.82, 2.24) is 9.62 Å². The summed E-state index contributed by atoms with van der Waals surface area (Å²) in [5, 5.41) is 0. The molecular weight excluding hydrogens is 431 g/mol. The second-order valence-corrected chi connectivity index (χ2v) is 10.3. The number of nitrogens with one attached hydrogen (secondary N) is 1. The summed E-state index contributed by atoms with van der Waals surface area (Å²) in [4.78, 5) is 27.1. The standard InChI is InChI=1S/C20H23FN2O5S2/c1-12(2)18(24)23-9-8-15-16(11-23)29-20(17(15)19(25)28-3)30(26,27)22-10-13-4-6-14(21)7-5-13/h4-7,12,22H,8-11H2,1-3H3. The van der Waals surface area contributed by atoms with Crippen LogP contribution in [0.15, 0.2) is 28.5 Å². The van der Waals surface area contributed by atoms with Crippen molar-refractivity contribution in [2.24, 2.45) is 5.92 Å². The fourth-order valence-electron chi connectivity index (χ4n) is 3.28. The predicted molar refractivity (Wildman–Crippen MR) is 110 cm³/mol. The summed E-state index contributed by atoms with van der Waals surface area (Å²) in [5.41, 5.74) is 1.22. The van der Waals surface area contributed by atoms with Gasteiger partial charge in [0.25, 0.3) is 10.0 Å². The molecule has 162 valence electrons. The van der Waals surface area contributed by atoms with E-state index in [0.29, 0.717) is 29.0 Å². The molecule has 0 aliphatic carbocycles. The maximum Gasteiger partial charge on any atom is 0.340 e. The van der Waals surface area contributed by atoms with Crippen molar-refractivity contribution >= 4 is 33.2 Å². The van der Waals surface area contributed by atoms with E-state index < -0.39 is 21.8 Å². The van der Waals surface area contributed by atoms with E-state index in [9.17, 15) is 22.4 Å². The maximum absolute atomic E-state index is 13.1. The summed E-state index contributed by atoms with van der Waals surface area (Å²) in [7, 11) is -2.83. The molecule has 0 saturated carbocycles. The molecule has 0 spiro atoms. The van der Waals surface area contributed by atoms with E-state index >= 15 is 0 Å². The first kappa shape index (κ1) is 22.4. The topological polar surface area (TPSA) is 92.8 Å². The highest BCUT2D eigenvalue weighted by Crippen LogP contribution is 2.37. The van der Waals surface area contributed by atoms with Crippen molar-refractivity contribution in [3.8, 4) is 0 Å². The van der Waals surface area contributed by atoms with Gasteiger partial charge in [-0.3, -0.25) is 4.79 Å². The Bertz CT molecular complexity index is 1060. The molecule has 30 heavy (non-hydrogen) atoms. The molecule has 1 amide bonds. The molecule has 1 N–H and O–H groups in total. The highest BCUT2D eigenvalue weighted by molar-refractivity contribution is 7.91. The van der Waals surface area contributed by atoms with E-state index in [1.165, 1.54) is 31.4 Å². The normalized spacial score (nSPS) is 14.0. The number of fused-ring (bicyclic) bond motifs is 1. The number of ether oxygens (including phenoxy) is 1.